The molecule has 0 fully saturated rings. The molecule has 3 aromatic rings. The predicted octanol–water partition coefficient (Wildman–Crippen LogP) is 4.72. The van der Waals surface area contributed by atoms with Crippen LogP contribution in [0.15, 0.2) is 72.8 Å². The summed E-state index contributed by atoms with van der Waals surface area (Å²) in [4.78, 5) is 12.9. The van der Waals surface area contributed by atoms with E-state index in [1.165, 1.54) is 0 Å². The molecule has 0 radical (unpaired) electrons. The van der Waals surface area contributed by atoms with E-state index in [2.05, 4.69) is 10.6 Å². The largest absolute Gasteiger partial charge is 0.493 e. The summed E-state index contributed by atoms with van der Waals surface area (Å²) in [7, 11) is 3.18. The van der Waals surface area contributed by atoms with Gasteiger partial charge in [-0.3, -0.25) is 4.79 Å². The monoisotopic (exact) mass is 392 g/mol. The second-order valence-corrected chi connectivity index (χ2v) is 6.20. The molecule has 0 saturated heterocycles. The van der Waals surface area contributed by atoms with Gasteiger partial charge in [0.25, 0.3) is 5.91 Å². The molecular formula is C23H24N2O4. The lowest BCUT2D eigenvalue weighted by Gasteiger charge is -2.14. The Morgan fingerprint density at radius 3 is 2.34 bits per heavy atom. The fraction of sp³-hybridized carbons (Fsp3) is 0.174. The summed E-state index contributed by atoms with van der Waals surface area (Å²) in [5.74, 6) is 0.903. The third-order valence-electron chi connectivity index (χ3n) is 4.19. The first kappa shape index (κ1) is 20.2. The lowest BCUT2D eigenvalue weighted by Crippen LogP contribution is -2.14. The summed E-state index contributed by atoms with van der Waals surface area (Å²) in [6.07, 6.45) is 0. The highest BCUT2D eigenvalue weighted by Crippen LogP contribution is 2.31. The highest BCUT2D eigenvalue weighted by molar-refractivity contribution is 6.08. The third-order valence-corrected chi connectivity index (χ3v) is 4.19. The van der Waals surface area contributed by atoms with E-state index in [1.807, 2.05) is 48.5 Å². The maximum absolute atomic E-state index is 12.9. The molecule has 2 N–H and O–H groups in total. The van der Waals surface area contributed by atoms with Gasteiger partial charge in [-0.15, -0.1) is 0 Å². The summed E-state index contributed by atoms with van der Waals surface area (Å²) in [5.41, 5.74) is 2.78. The molecule has 0 bridgehead atoms. The molecule has 0 heterocycles. The minimum absolute atomic E-state index is 0.225. The van der Waals surface area contributed by atoms with E-state index in [0.717, 1.165) is 11.4 Å². The Balaban J connectivity index is 1.77. The van der Waals surface area contributed by atoms with Crippen molar-refractivity contribution >= 4 is 23.0 Å². The Bertz CT molecular complexity index is 945. The van der Waals surface area contributed by atoms with Gasteiger partial charge in [-0.1, -0.05) is 30.3 Å². The quantitative estimate of drug-likeness (QED) is 0.516. The number of para-hydroxylation sites is 2. The SMILES string of the molecule is COCCOc1cc(NC(=O)c2ccccc2Nc2ccccc2)ccc1OC. The highest BCUT2D eigenvalue weighted by atomic mass is 16.5. The molecule has 0 aliphatic rings. The van der Waals surface area contributed by atoms with Gasteiger partial charge in [0, 0.05) is 24.6 Å². The molecule has 0 spiro atoms. The van der Waals surface area contributed by atoms with Gasteiger partial charge in [0.15, 0.2) is 11.5 Å². The van der Waals surface area contributed by atoms with Gasteiger partial charge in [-0.25, -0.2) is 0 Å². The van der Waals surface area contributed by atoms with E-state index in [4.69, 9.17) is 14.2 Å². The van der Waals surface area contributed by atoms with Crippen LogP contribution in [0.5, 0.6) is 11.5 Å². The Morgan fingerprint density at radius 2 is 1.59 bits per heavy atom. The van der Waals surface area contributed by atoms with Crippen LogP contribution >= 0.6 is 0 Å². The van der Waals surface area contributed by atoms with Crippen LogP contribution in [-0.2, 0) is 4.74 Å². The minimum atomic E-state index is -0.225. The van der Waals surface area contributed by atoms with Crippen molar-refractivity contribution in [2.45, 2.75) is 0 Å². The highest BCUT2D eigenvalue weighted by Gasteiger charge is 2.13. The molecule has 0 saturated carbocycles. The number of rotatable bonds is 9. The standard InChI is InChI=1S/C23H24N2O4/c1-27-14-15-29-22-16-18(12-13-21(22)28-2)25-23(26)19-10-6-7-11-20(19)24-17-8-4-3-5-9-17/h3-13,16,24H,14-15H2,1-2H3,(H,25,26). The Kier molecular flexibility index (Phi) is 7.08. The average Bonchev–Trinajstić information content (AvgIpc) is 2.75. The molecule has 6 nitrogen and oxygen atoms in total. The number of nitrogens with one attached hydrogen (secondary N) is 2. The van der Waals surface area contributed by atoms with Gasteiger partial charge in [0.05, 0.1) is 25.0 Å². The van der Waals surface area contributed by atoms with E-state index in [0.29, 0.717) is 36.0 Å². The van der Waals surface area contributed by atoms with Crippen molar-refractivity contribution in [2.75, 3.05) is 38.1 Å². The average molecular weight is 392 g/mol. The maximum Gasteiger partial charge on any atom is 0.257 e. The van der Waals surface area contributed by atoms with Gasteiger partial charge in [0.1, 0.15) is 6.61 Å². The summed E-state index contributed by atoms with van der Waals surface area (Å²) in [6, 6.07) is 22.3. The molecule has 0 atom stereocenters. The Labute approximate surface area is 170 Å². The first-order valence-corrected chi connectivity index (χ1v) is 9.23. The van der Waals surface area contributed by atoms with Crippen LogP contribution < -0.4 is 20.1 Å². The van der Waals surface area contributed by atoms with Gasteiger partial charge in [-0.05, 0) is 36.4 Å². The van der Waals surface area contributed by atoms with Crippen LogP contribution in [0.25, 0.3) is 0 Å². The zero-order chi connectivity index (χ0) is 20.5. The predicted molar refractivity (Wildman–Crippen MR) is 114 cm³/mol. The summed E-state index contributed by atoms with van der Waals surface area (Å²) in [5, 5.41) is 6.20. The first-order valence-electron chi connectivity index (χ1n) is 9.23. The molecule has 3 rings (SSSR count). The van der Waals surface area contributed by atoms with Crippen molar-refractivity contribution in [3.63, 3.8) is 0 Å². The number of carbonyl (C=O) groups excluding carboxylic acids is 1. The lowest BCUT2D eigenvalue weighted by atomic mass is 10.1. The molecule has 1 amide bonds. The second-order valence-electron chi connectivity index (χ2n) is 6.20. The molecule has 0 aliphatic carbocycles. The third kappa shape index (κ3) is 5.49. The molecular weight excluding hydrogens is 368 g/mol. The maximum atomic E-state index is 12.9. The van der Waals surface area contributed by atoms with Crippen molar-refractivity contribution in [1.82, 2.24) is 0 Å². The topological polar surface area (TPSA) is 68.8 Å². The zero-order valence-corrected chi connectivity index (χ0v) is 16.5. The smallest absolute Gasteiger partial charge is 0.257 e. The summed E-state index contributed by atoms with van der Waals surface area (Å²) < 4.78 is 16.0. The number of hydrogen-bond acceptors (Lipinski definition) is 5. The van der Waals surface area contributed by atoms with E-state index < -0.39 is 0 Å². The molecule has 0 aliphatic heterocycles. The number of ether oxygens (including phenoxy) is 3. The van der Waals surface area contributed by atoms with E-state index in [1.54, 1.807) is 38.5 Å². The first-order chi connectivity index (χ1) is 14.2. The van der Waals surface area contributed by atoms with Crippen LogP contribution in [0.2, 0.25) is 0 Å². The van der Waals surface area contributed by atoms with Crippen LogP contribution in [0.1, 0.15) is 10.4 Å². The van der Waals surface area contributed by atoms with Gasteiger partial charge < -0.3 is 24.8 Å². The minimum Gasteiger partial charge on any atom is -0.493 e. The number of methoxy groups -OCH3 is 2. The molecule has 0 unspecified atom stereocenters. The van der Waals surface area contributed by atoms with E-state index >= 15 is 0 Å². The number of carbonyl (C=O) groups is 1. The number of benzene rings is 3. The number of anilines is 3. The van der Waals surface area contributed by atoms with Crippen molar-refractivity contribution < 1.29 is 19.0 Å². The van der Waals surface area contributed by atoms with E-state index in [9.17, 15) is 4.79 Å². The Morgan fingerprint density at radius 1 is 0.828 bits per heavy atom. The van der Waals surface area contributed by atoms with Crippen molar-refractivity contribution in [3.05, 3.63) is 78.4 Å². The molecule has 29 heavy (non-hydrogen) atoms. The Hall–Kier alpha value is -3.51. The number of hydrogen-bond donors (Lipinski definition) is 2. The van der Waals surface area contributed by atoms with Gasteiger partial charge in [-0.2, -0.15) is 0 Å². The van der Waals surface area contributed by atoms with E-state index in [-0.39, 0.29) is 5.91 Å². The molecule has 0 aromatic heterocycles. The lowest BCUT2D eigenvalue weighted by molar-refractivity contribution is 0.102. The summed E-state index contributed by atoms with van der Waals surface area (Å²) in [6.45, 7) is 0.840. The molecule has 3 aromatic carbocycles. The van der Waals surface area contributed by atoms with Gasteiger partial charge in [0.2, 0.25) is 0 Å². The van der Waals surface area contributed by atoms with Gasteiger partial charge >= 0.3 is 0 Å². The van der Waals surface area contributed by atoms with Crippen LogP contribution in [0.4, 0.5) is 17.1 Å². The van der Waals surface area contributed by atoms with Crippen molar-refractivity contribution in [1.29, 1.82) is 0 Å². The van der Waals surface area contributed by atoms with Crippen LogP contribution in [-0.4, -0.2) is 33.3 Å². The fourth-order valence-electron chi connectivity index (χ4n) is 2.77. The zero-order valence-electron chi connectivity index (χ0n) is 16.5. The van der Waals surface area contributed by atoms with Crippen LogP contribution in [0.3, 0.4) is 0 Å². The summed E-state index contributed by atoms with van der Waals surface area (Å²) >= 11 is 0. The fourth-order valence-corrected chi connectivity index (χ4v) is 2.77. The molecule has 6 heteroatoms. The van der Waals surface area contributed by atoms with Crippen molar-refractivity contribution in [2.24, 2.45) is 0 Å². The number of amides is 1. The molecule has 150 valence electrons. The normalized spacial score (nSPS) is 10.3. The van der Waals surface area contributed by atoms with Crippen molar-refractivity contribution in [3.8, 4) is 11.5 Å². The van der Waals surface area contributed by atoms with Crippen LogP contribution in [0, 0.1) is 0 Å². The second kappa shape index (κ2) is 10.1.